The van der Waals surface area contributed by atoms with Gasteiger partial charge < -0.3 is 20.4 Å². The Labute approximate surface area is 204 Å². The second-order valence-electron chi connectivity index (χ2n) is 11.3. The third-order valence-electron chi connectivity index (χ3n) is 9.09. The van der Waals surface area contributed by atoms with Gasteiger partial charge in [-0.2, -0.15) is 0 Å². The van der Waals surface area contributed by atoms with Crippen molar-refractivity contribution in [3.05, 3.63) is 0 Å². The maximum absolute atomic E-state index is 13.3. The Balaban J connectivity index is 1.06. The SMILES string of the molecule is C[C@@H]1C[C@@H](CC(=O)N2CCC3(CC2)C[C@H]3C(=O)N2CCN(C3CCCCC3)CC2)NC(=S)N1. The number of hydrogen-bond acceptors (Lipinski definition) is 4. The topological polar surface area (TPSA) is 67.9 Å². The molecule has 5 fully saturated rings. The fourth-order valence-electron chi connectivity index (χ4n) is 6.89. The minimum atomic E-state index is 0.125. The molecular formula is C25H41N5O2S. The van der Waals surface area contributed by atoms with Gasteiger partial charge in [0.25, 0.3) is 0 Å². The molecular weight excluding hydrogens is 434 g/mol. The number of carbonyl (C=O) groups excluding carboxylic acids is 2. The minimum Gasteiger partial charge on any atom is -0.360 e. The van der Waals surface area contributed by atoms with Crippen molar-refractivity contribution in [2.45, 2.75) is 89.3 Å². The molecule has 5 aliphatic rings. The quantitative estimate of drug-likeness (QED) is 0.607. The van der Waals surface area contributed by atoms with Crippen LogP contribution in [0.25, 0.3) is 0 Å². The number of amides is 2. The van der Waals surface area contributed by atoms with Crippen molar-refractivity contribution >= 4 is 29.1 Å². The summed E-state index contributed by atoms with van der Waals surface area (Å²) >= 11 is 5.25. The van der Waals surface area contributed by atoms with Gasteiger partial charge in [0.15, 0.2) is 5.11 Å². The van der Waals surface area contributed by atoms with Crippen LogP contribution in [0.2, 0.25) is 0 Å². The van der Waals surface area contributed by atoms with E-state index in [0.29, 0.717) is 23.5 Å². The van der Waals surface area contributed by atoms with Crippen LogP contribution < -0.4 is 10.6 Å². The number of rotatable bonds is 4. The van der Waals surface area contributed by atoms with Crippen molar-refractivity contribution in [3.63, 3.8) is 0 Å². The molecule has 2 saturated carbocycles. The standard InChI is InChI=1S/C25H41N5O2S/c1-18-15-19(27-24(33)26-18)16-22(31)29-9-7-25(8-10-29)17-21(25)23(32)30-13-11-28(12-14-30)20-5-3-2-4-6-20/h18-21H,2-17H2,1H3,(H2,26,27,33)/t18-,19+,21+/m1/s1. The maximum atomic E-state index is 13.3. The van der Waals surface area contributed by atoms with Gasteiger partial charge in [0.2, 0.25) is 11.8 Å². The average Bonchev–Trinajstić information content (AvgIpc) is 3.52. The molecule has 184 valence electrons. The summed E-state index contributed by atoms with van der Waals surface area (Å²) in [6.07, 6.45) is 11.2. The van der Waals surface area contributed by atoms with E-state index in [-0.39, 0.29) is 23.3 Å². The van der Waals surface area contributed by atoms with Gasteiger partial charge in [-0.3, -0.25) is 14.5 Å². The fourth-order valence-corrected chi connectivity index (χ4v) is 7.26. The zero-order chi connectivity index (χ0) is 23.0. The molecule has 0 aromatic carbocycles. The number of likely N-dealkylation sites (tertiary alicyclic amines) is 1. The smallest absolute Gasteiger partial charge is 0.226 e. The number of thiocarbonyl (C=S) groups is 1. The summed E-state index contributed by atoms with van der Waals surface area (Å²) in [5.41, 5.74) is 0.164. The molecule has 3 saturated heterocycles. The lowest BCUT2D eigenvalue weighted by Crippen LogP contribution is -2.54. The molecule has 8 heteroatoms. The van der Waals surface area contributed by atoms with E-state index in [0.717, 1.165) is 71.0 Å². The molecule has 0 radical (unpaired) electrons. The van der Waals surface area contributed by atoms with E-state index < -0.39 is 0 Å². The van der Waals surface area contributed by atoms with Gasteiger partial charge in [0.1, 0.15) is 0 Å². The van der Waals surface area contributed by atoms with E-state index in [1.165, 1.54) is 32.1 Å². The van der Waals surface area contributed by atoms with E-state index >= 15 is 0 Å². The molecule has 0 aromatic heterocycles. The summed E-state index contributed by atoms with van der Waals surface area (Å²) < 4.78 is 0. The number of piperidine rings is 1. The van der Waals surface area contributed by atoms with Gasteiger partial charge in [-0.25, -0.2) is 0 Å². The lowest BCUT2D eigenvalue weighted by Gasteiger charge is -2.41. The van der Waals surface area contributed by atoms with Gasteiger partial charge in [-0.1, -0.05) is 19.3 Å². The fraction of sp³-hybridized carbons (Fsp3) is 0.880. The number of nitrogens with one attached hydrogen (secondary N) is 2. The Bertz CT molecular complexity index is 754. The number of carbonyl (C=O) groups is 2. The van der Waals surface area contributed by atoms with Crippen LogP contribution in [0.5, 0.6) is 0 Å². The largest absolute Gasteiger partial charge is 0.360 e. The van der Waals surface area contributed by atoms with Crippen molar-refractivity contribution in [1.82, 2.24) is 25.3 Å². The highest BCUT2D eigenvalue weighted by atomic mass is 32.1. The molecule has 3 aliphatic heterocycles. The highest BCUT2D eigenvalue weighted by molar-refractivity contribution is 7.80. The van der Waals surface area contributed by atoms with Crippen LogP contribution in [0.1, 0.15) is 71.1 Å². The molecule has 0 bridgehead atoms. The van der Waals surface area contributed by atoms with Crippen molar-refractivity contribution < 1.29 is 9.59 Å². The van der Waals surface area contributed by atoms with Gasteiger partial charge in [-0.05, 0) is 63.1 Å². The van der Waals surface area contributed by atoms with Gasteiger partial charge >= 0.3 is 0 Å². The Hall–Kier alpha value is -1.41. The van der Waals surface area contributed by atoms with E-state index in [2.05, 4.69) is 27.4 Å². The molecule has 3 heterocycles. The summed E-state index contributed by atoms with van der Waals surface area (Å²) in [5.74, 6) is 0.807. The van der Waals surface area contributed by atoms with E-state index in [1.54, 1.807) is 0 Å². The summed E-state index contributed by atoms with van der Waals surface area (Å²) in [5, 5.41) is 7.10. The summed E-state index contributed by atoms with van der Waals surface area (Å²) in [6.45, 7) is 7.59. The van der Waals surface area contributed by atoms with Crippen LogP contribution in [0, 0.1) is 11.3 Å². The van der Waals surface area contributed by atoms with Crippen LogP contribution in [-0.4, -0.2) is 89.0 Å². The molecule has 0 aromatic rings. The molecule has 2 amide bonds. The minimum absolute atomic E-state index is 0.125. The second-order valence-corrected chi connectivity index (χ2v) is 11.7. The van der Waals surface area contributed by atoms with Crippen LogP contribution in [-0.2, 0) is 9.59 Å². The van der Waals surface area contributed by atoms with E-state index in [9.17, 15) is 9.59 Å². The maximum Gasteiger partial charge on any atom is 0.226 e. The summed E-state index contributed by atoms with van der Waals surface area (Å²) in [6, 6.07) is 1.19. The molecule has 5 rings (SSSR count). The molecule has 3 atom stereocenters. The van der Waals surface area contributed by atoms with Gasteiger partial charge in [0.05, 0.1) is 0 Å². The summed E-state index contributed by atoms with van der Waals surface area (Å²) in [4.78, 5) is 32.9. The number of hydrogen-bond donors (Lipinski definition) is 2. The third-order valence-corrected chi connectivity index (χ3v) is 9.32. The van der Waals surface area contributed by atoms with Crippen LogP contribution >= 0.6 is 12.2 Å². The van der Waals surface area contributed by atoms with Crippen molar-refractivity contribution in [1.29, 1.82) is 0 Å². The predicted molar refractivity (Wildman–Crippen MR) is 133 cm³/mol. The van der Waals surface area contributed by atoms with E-state index in [4.69, 9.17) is 12.2 Å². The normalized spacial score (nSPS) is 32.9. The first-order valence-electron chi connectivity index (χ1n) is 13.3. The average molecular weight is 476 g/mol. The molecule has 1 spiro atoms. The Morgan fingerprint density at radius 1 is 0.970 bits per heavy atom. The zero-order valence-corrected chi connectivity index (χ0v) is 21.0. The van der Waals surface area contributed by atoms with Crippen molar-refractivity contribution in [3.8, 4) is 0 Å². The number of piperazine rings is 1. The number of nitrogens with zero attached hydrogens (tertiary/aromatic N) is 3. The Morgan fingerprint density at radius 2 is 1.67 bits per heavy atom. The highest BCUT2D eigenvalue weighted by Gasteiger charge is 2.59. The second kappa shape index (κ2) is 9.68. The monoisotopic (exact) mass is 475 g/mol. The first-order valence-corrected chi connectivity index (χ1v) is 13.7. The first kappa shape index (κ1) is 23.3. The molecule has 7 nitrogen and oxygen atoms in total. The van der Waals surface area contributed by atoms with Crippen molar-refractivity contribution in [2.24, 2.45) is 11.3 Å². The van der Waals surface area contributed by atoms with Crippen molar-refractivity contribution in [2.75, 3.05) is 39.3 Å². The zero-order valence-electron chi connectivity index (χ0n) is 20.2. The first-order chi connectivity index (χ1) is 15.9. The lowest BCUT2D eigenvalue weighted by atomic mass is 9.90. The highest BCUT2D eigenvalue weighted by Crippen LogP contribution is 2.60. The Kier molecular flexibility index (Phi) is 6.85. The van der Waals surface area contributed by atoms with Gasteiger partial charge in [-0.15, -0.1) is 0 Å². The molecule has 2 N–H and O–H groups in total. The van der Waals surface area contributed by atoms with Gasteiger partial charge in [0, 0.05) is 69.7 Å². The molecule has 0 unspecified atom stereocenters. The predicted octanol–water partition coefficient (Wildman–Crippen LogP) is 2.11. The molecule has 2 aliphatic carbocycles. The van der Waals surface area contributed by atoms with E-state index in [1.807, 2.05) is 4.90 Å². The Morgan fingerprint density at radius 3 is 2.33 bits per heavy atom. The lowest BCUT2D eigenvalue weighted by molar-refractivity contribution is -0.136. The summed E-state index contributed by atoms with van der Waals surface area (Å²) in [7, 11) is 0. The van der Waals surface area contributed by atoms with Crippen LogP contribution in [0.15, 0.2) is 0 Å². The molecule has 33 heavy (non-hydrogen) atoms. The van der Waals surface area contributed by atoms with Crippen LogP contribution in [0.4, 0.5) is 0 Å². The third kappa shape index (κ3) is 5.16. The van der Waals surface area contributed by atoms with Crippen LogP contribution in [0.3, 0.4) is 0 Å².